The normalized spacial score (nSPS) is 19.9. The first-order valence-electron chi connectivity index (χ1n) is 16.1. The van der Waals surface area contributed by atoms with Crippen molar-refractivity contribution < 1.29 is 8.42 Å². The predicted octanol–water partition coefficient (Wildman–Crippen LogP) is 4.36. The highest BCUT2D eigenvalue weighted by Crippen LogP contribution is 2.32. The molecule has 13 heteroatoms. The van der Waals surface area contributed by atoms with E-state index < -0.39 is 10.0 Å². The third-order valence-corrected chi connectivity index (χ3v) is 10.8. The Bertz CT molecular complexity index is 1860. The van der Waals surface area contributed by atoms with Crippen molar-refractivity contribution in [3.05, 3.63) is 60.4 Å². The zero-order valence-corrected chi connectivity index (χ0v) is 27.1. The summed E-state index contributed by atoms with van der Waals surface area (Å²) in [6.07, 6.45) is 18.7. The number of anilines is 3. The van der Waals surface area contributed by atoms with Crippen molar-refractivity contribution in [1.82, 2.24) is 38.8 Å². The van der Waals surface area contributed by atoms with Crippen LogP contribution in [0.4, 0.5) is 17.3 Å². The Morgan fingerprint density at radius 2 is 1.72 bits per heavy atom. The minimum atomic E-state index is -3.47. The van der Waals surface area contributed by atoms with Crippen LogP contribution in [-0.2, 0) is 16.6 Å². The SMILES string of the molecule is CN(C)CC1CCC(Nc2cc(Nc3ccnc(-c4cnn(S(=O)(=O)C5CC5)c4)n3)ncc2C#Cc2cnn(CC3CC3)c2)CC1. The van der Waals surface area contributed by atoms with Crippen LogP contribution >= 0.6 is 0 Å². The second-order valence-corrected chi connectivity index (χ2v) is 15.2. The summed E-state index contributed by atoms with van der Waals surface area (Å²) >= 11 is 0. The van der Waals surface area contributed by atoms with Gasteiger partial charge in [0.15, 0.2) is 5.82 Å². The molecule has 0 spiro atoms. The molecule has 2 N–H and O–H groups in total. The van der Waals surface area contributed by atoms with E-state index in [9.17, 15) is 8.42 Å². The van der Waals surface area contributed by atoms with Gasteiger partial charge in [0, 0.05) is 43.8 Å². The van der Waals surface area contributed by atoms with Crippen molar-refractivity contribution in [2.45, 2.75) is 69.2 Å². The highest BCUT2D eigenvalue weighted by atomic mass is 32.2. The molecule has 240 valence electrons. The number of rotatable bonds is 11. The van der Waals surface area contributed by atoms with Gasteiger partial charge in [-0.3, -0.25) is 4.68 Å². The Hall–Kier alpha value is -4.28. The van der Waals surface area contributed by atoms with Crippen LogP contribution < -0.4 is 10.6 Å². The smallest absolute Gasteiger partial charge is 0.256 e. The molecule has 46 heavy (non-hydrogen) atoms. The van der Waals surface area contributed by atoms with Crippen LogP contribution in [0.15, 0.2) is 49.3 Å². The molecule has 0 atom stereocenters. The number of nitrogens with one attached hydrogen (secondary N) is 2. The van der Waals surface area contributed by atoms with Crippen molar-refractivity contribution in [1.29, 1.82) is 0 Å². The maximum Gasteiger partial charge on any atom is 0.256 e. The number of hydrogen-bond acceptors (Lipinski definition) is 10. The van der Waals surface area contributed by atoms with Crippen LogP contribution in [0, 0.1) is 23.7 Å². The molecule has 3 aliphatic rings. The Kier molecular flexibility index (Phi) is 8.48. The number of aromatic nitrogens is 7. The molecule has 4 aromatic rings. The summed E-state index contributed by atoms with van der Waals surface area (Å²) in [5, 5.41) is 15.3. The summed E-state index contributed by atoms with van der Waals surface area (Å²) in [6.45, 7) is 2.08. The van der Waals surface area contributed by atoms with Crippen LogP contribution in [0.5, 0.6) is 0 Å². The van der Waals surface area contributed by atoms with Gasteiger partial charge in [-0.15, -0.1) is 0 Å². The van der Waals surface area contributed by atoms with Crippen molar-refractivity contribution in [3.8, 4) is 23.2 Å². The maximum atomic E-state index is 12.6. The number of nitrogens with zero attached hydrogens (tertiary/aromatic N) is 8. The molecule has 3 saturated carbocycles. The van der Waals surface area contributed by atoms with Gasteiger partial charge in [0.2, 0.25) is 0 Å². The van der Waals surface area contributed by atoms with Crippen LogP contribution in [0.1, 0.15) is 62.5 Å². The Morgan fingerprint density at radius 3 is 2.48 bits per heavy atom. The molecule has 0 bridgehead atoms. The average molecular weight is 641 g/mol. The topological polar surface area (TPSA) is 136 Å². The fourth-order valence-corrected chi connectivity index (χ4v) is 7.45. The fourth-order valence-electron chi connectivity index (χ4n) is 5.98. The lowest BCUT2D eigenvalue weighted by Gasteiger charge is -2.31. The Morgan fingerprint density at radius 1 is 0.913 bits per heavy atom. The van der Waals surface area contributed by atoms with Gasteiger partial charge >= 0.3 is 0 Å². The molecule has 3 aliphatic carbocycles. The first kappa shape index (κ1) is 30.4. The molecule has 0 radical (unpaired) electrons. The van der Waals surface area contributed by atoms with Gasteiger partial charge in [-0.2, -0.15) is 14.3 Å². The summed E-state index contributed by atoms with van der Waals surface area (Å²) in [5.74, 6) is 9.63. The van der Waals surface area contributed by atoms with Gasteiger partial charge < -0.3 is 15.5 Å². The predicted molar refractivity (Wildman–Crippen MR) is 177 cm³/mol. The monoisotopic (exact) mass is 640 g/mol. The molecule has 0 aromatic carbocycles. The lowest BCUT2D eigenvalue weighted by Crippen LogP contribution is -2.31. The third-order valence-electron chi connectivity index (χ3n) is 8.79. The van der Waals surface area contributed by atoms with E-state index in [-0.39, 0.29) is 5.25 Å². The molecule has 0 amide bonds. The van der Waals surface area contributed by atoms with Crippen molar-refractivity contribution in [2.75, 3.05) is 31.3 Å². The average Bonchev–Trinajstić information content (AvgIpc) is 3.96. The van der Waals surface area contributed by atoms with Crippen molar-refractivity contribution >= 4 is 27.3 Å². The fraction of sp³-hybridized carbons (Fsp3) is 0.485. The molecule has 12 nitrogen and oxygen atoms in total. The molecule has 4 aromatic heterocycles. The zero-order valence-electron chi connectivity index (χ0n) is 26.3. The summed E-state index contributed by atoms with van der Waals surface area (Å²) in [5.41, 5.74) is 3.16. The quantitative estimate of drug-likeness (QED) is 0.228. The molecule has 0 aliphatic heterocycles. The largest absolute Gasteiger partial charge is 0.381 e. The highest BCUT2D eigenvalue weighted by Gasteiger charge is 2.37. The lowest BCUT2D eigenvalue weighted by molar-refractivity contribution is 0.255. The second kappa shape index (κ2) is 12.8. The maximum absolute atomic E-state index is 12.6. The first-order valence-corrected chi connectivity index (χ1v) is 17.6. The van der Waals surface area contributed by atoms with Crippen molar-refractivity contribution in [2.24, 2.45) is 11.8 Å². The van der Waals surface area contributed by atoms with E-state index >= 15 is 0 Å². The number of hydrogen-bond donors (Lipinski definition) is 2. The highest BCUT2D eigenvalue weighted by molar-refractivity contribution is 7.90. The standard InChI is InChI=1S/C33H40N10O2S/c1-41(2)19-23-6-9-28(10-7-23)38-30-15-32(35-17-26(30)8-5-25-16-36-42(21-25)20-24-3-4-24)39-31-13-14-34-33(40-31)27-18-37-43(22-27)46(44,45)29-11-12-29/h13-18,21-24,28-29H,3-4,6-7,9-12,19-20H2,1-2H3,(H2,34,35,38,39,40). The number of pyridine rings is 1. The Balaban J connectivity index is 1.10. The molecule has 4 heterocycles. The van der Waals surface area contributed by atoms with E-state index in [1.165, 1.54) is 38.1 Å². The minimum absolute atomic E-state index is 0.351. The molecular weight excluding hydrogens is 600 g/mol. The van der Waals surface area contributed by atoms with E-state index in [4.69, 9.17) is 0 Å². The molecule has 0 saturated heterocycles. The third kappa shape index (κ3) is 7.40. The summed E-state index contributed by atoms with van der Waals surface area (Å²) in [7, 11) is 0.819. The van der Waals surface area contributed by atoms with E-state index in [1.807, 2.05) is 23.1 Å². The summed E-state index contributed by atoms with van der Waals surface area (Å²) in [4.78, 5) is 15.9. The van der Waals surface area contributed by atoms with E-state index in [0.717, 1.165) is 58.7 Å². The van der Waals surface area contributed by atoms with Crippen LogP contribution in [0.3, 0.4) is 0 Å². The van der Waals surface area contributed by atoms with Crippen LogP contribution in [0.25, 0.3) is 11.4 Å². The molecule has 3 fully saturated rings. The van der Waals surface area contributed by atoms with Gasteiger partial charge in [0.25, 0.3) is 10.0 Å². The van der Waals surface area contributed by atoms with Gasteiger partial charge in [-0.1, -0.05) is 11.8 Å². The first-order chi connectivity index (χ1) is 22.3. The van der Waals surface area contributed by atoms with E-state index in [0.29, 0.717) is 41.9 Å². The van der Waals surface area contributed by atoms with Gasteiger partial charge in [0.05, 0.1) is 46.2 Å². The van der Waals surface area contributed by atoms with Gasteiger partial charge in [0.1, 0.15) is 11.6 Å². The molecular formula is C33H40N10O2S. The van der Waals surface area contributed by atoms with Crippen LogP contribution in [-0.4, -0.2) is 79.2 Å². The van der Waals surface area contributed by atoms with E-state index in [1.54, 1.807) is 18.5 Å². The van der Waals surface area contributed by atoms with E-state index in [2.05, 4.69) is 66.6 Å². The Labute approximate surface area is 270 Å². The van der Waals surface area contributed by atoms with Gasteiger partial charge in [-0.05, 0) is 83.4 Å². The molecule has 7 rings (SSSR count). The molecule has 0 unspecified atom stereocenters. The van der Waals surface area contributed by atoms with Gasteiger partial charge in [-0.25, -0.2) is 23.4 Å². The minimum Gasteiger partial charge on any atom is -0.381 e. The van der Waals surface area contributed by atoms with Crippen LogP contribution in [0.2, 0.25) is 0 Å². The summed E-state index contributed by atoms with van der Waals surface area (Å²) < 4.78 is 28.2. The van der Waals surface area contributed by atoms with Crippen molar-refractivity contribution in [3.63, 3.8) is 0 Å². The summed E-state index contributed by atoms with van der Waals surface area (Å²) in [6, 6.07) is 4.08. The second-order valence-electron chi connectivity index (χ2n) is 13.1. The zero-order chi connectivity index (χ0) is 31.7. The lowest BCUT2D eigenvalue weighted by atomic mass is 9.85.